The van der Waals surface area contributed by atoms with Crippen LogP contribution in [0.2, 0.25) is 0 Å². The first kappa shape index (κ1) is 26.3. The minimum Gasteiger partial charge on any atom is -0.456 e. The van der Waals surface area contributed by atoms with Crippen molar-refractivity contribution in [2.45, 2.75) is 97.2 Å². The topological polar surface area (TPSA) is 52.6 Å². The fraction of sp³-hybridized carbons (Fsp3) is 0.543. The van der Waals surface area contributed by atoms with E-state index in [9.17, 15) is 9.59 Å². The largest absolute Gasteiger partial charge is 0.456 e. The van der Waals surface area contributed by atoms with E-state index in [2.05, 4.69) is 49.0 Å². The molecule has 1 spiro atoms. The number of hydrogen-bond donors (Lipinski definition) is 0. The smallest absolute Gasteiger partial charge is 0.333 e. The second-order valence-electron chi connectivity index (χ2n) is 13.8. The standard InChI is InChI=1S/C35H42O4/c1-21(2)32(36)38-30-27-12-7-6-9-25(27)19-29(30)24-11-8-10-22(17-24)23-13-14-28-26(18-23)20-35(15-16-35)31(28)39-33(37)34(3,4)5/h6-7,9,12-14,18,22,24,29-31H,1,8,10-11,15-17,19-20H2,2-5H3. The third-order valence-corrected chi connectivity index (χ3v) is 9.86. The number of ether oxygens (including phenoxy) is 2. The Hall–Kier alpha value is -2.88. The van der Waals surface area contributed by atoms with E-state index >= 15 is 0 Å². The van der Waals surface area contributed by atoms with Crippen molar-refractivity contribution in [3.05, 3.63) is 82.4 Å². The molecule has 0 aliphatic heterocycles. The van der Waals surface area contributed by atoms with E-state index in [-0.39, 0.29) is 29.6 Å². The first-order chi connectivity index (χ1) is 18.6. The summed E-state index contributed by atoms with van der Waals surface area (Å²) in [4.78, 5) is 25.4. The van der Waals surface area contributed by atoms with E-state index in [4.69, 9.17) is 9.47 Å². The molecule has 4 heteroatoms. The summed E-state index contributed by atoms with van der Waals surface area (Å²) in [5.41, 5.74) is 6.58. The molecular formula is C35H42O4. The molecule has 0 saturated heterocycles. The number of carbonyl (C=O) groups excluding carboxylic acids is 2. The Morgan fingerprint density at radius 3 is 2.46 bits per heavy atom. The molecule has 2 aromatic rings. The summed E-state index contributed by atoms with van der Waals surface area (Å²) in [6.07, 6.45) is 8.64. The van der Waals surface area contributed by atoms with E-state index in [0.717, 1.165) is 32.1 Å². The molecule has 0 radical (unpaired) electrons. The van der Waals surface area contributed by atoms with Gasteiger partial charge in [0.25, 0.3) is 0 Å². The maximum Gasteiger partial charge on any atom is 0.333 e. The van der Waals surface area contributed by atoms with Gasteiger partial charge >= 0.3 is 11.9 Å². The Morgan fingerprint density at radius 2 is 1.74 bits per heavy atom. The fourth-order valence-electron chi connectivity index (χ4n) is 7.45. The van der Waals surface area contributed by atoms with Gasteiger partial charge < -0.3 is 9.47 Å². The molecule has 0 aromatic heterocycles. The van der Waals surface area contributed by atoms with Crippen LogP contribution in [0.15, 0.2) is 54.6 Å². The number of benzene rings is 2. The average molecular weight is 527 g/mol. The molecule has 2 saturated carbocycles. The van der Waals surface area contributed by atoms with Gasteiger partial charge in [0, 0.05) is 16.9 Å². The fourth-order valence-corrected chi connectivity index (χ4v) is 7.45. The van der Waals surface area contributed by atoms with Crippen LogP contribution in [-0.4, -0.2) is 11.9 Å². The van der Waals surface area contributed by atoms with Gasteiger partial charge in [-0.3, -0.25) is 4.79 Å². The normalized spacial score (nSPS) is 28.5. The van der Waals surface area contributed by atoms with Gasteiger partial charge in [0.05, 0.1) is 5.41 Å². The predicted octanol–water partition coefficient (Wildman–Crippen LogP) is 7.96. The highest BCUT2D eigenvalue weighted by atomic mass is 16.5. The van der Waals surface area contributed by atoms with Crippen molar-refractivity contribution in [2.75, 3.05) is 0 Å². The van der Waals surface area contributed by atoms with Crippen molar-refractivity contribution < 1.29 is 19.1 Å². The number of carbonyl (C=O) groups is 2. The van der Waals surface area contributed by atoms with Crippen LogP contribution in [0.5, 0.6) is 0 Å². The molecule has 2 fully saturated rings. The molecule has 5 unspecified atom stereocenters. The zero-order valence-electron chi connectivity index (χ0n) is 23.9. The van der Waals surface area contributed by atoms with Gasteiger partial charge in [0.15, 0.2) is 0 Å². The summed E-state index contributed by atoms with van der Waals surface area (Å²) in [5, 5.41) is 0. The molecular weight excluding hydrogens is 484 g/mol. The third-order valence-electron chi connectivity index (χ3n) is 9.86. The van der Waals surface area contributed by atoms with E-state index in [1.165, 1.54) is 47.1 Å². The van der Waals surface area contributed by atoms with Crippen LogP contribution in [0.25, 0.3) is 0 Å². The van der Waals surface area contributed by atoms with Gasteiger partial charge in [0.1, 0.15) is 12.2 Å². The Kier molecular flexibility index (Phi) is 6.51. The maximum absolute atomic E-state index is 12.8. The minimum absolute atomic E-state index is 0.104. The van der Waals surface area contributed by atoms with Gasteiger partial charge in [0.2, 0.25) is 0 Å². The van der Waals surface area contributed by atoms with Crippen molar-refractivity contribution in [3.8, 4) is 0 Å². The number of fused-ring (bicyclic) bond motifs is 2. The van der Waals surface area contributed by atoms with Crippen molar-refractivity contribution in [1.29, 1.82) is 0 Å². The molecule has 2 aromatic carbocycles. The summed E-state index contributed by atoms with van der Waals surface area (Å²) in [6.45, 7) is 11.3. The molecule has 206 valence electrons. The van der Waals surface area contributed by atoms with Crippen molar-refractivity contribution >= 4 is 11.9 Å². The lowest BCUT2D eigenvalue weighted by atomic mass is 9.71. The molecule has 5 atom stereocenters. The Bertz CT molecular complexity index is 1310. The van der Waals surface area contributed by atoms with Gasteiger partial charge in [-0.2, -0.15) is 0 Å². The lowest BCUT2D eigenvalue weighted by molar-refractivity contribution is -0.162. The third kappa shape index (κ3) is 4.85. The van der Waals surface area contributed by atoms with Crippen molar-refractivity contribution in [1.82, 2.24) is 0 Å². The molecule has 0 heterocycles. The van der Waals surface area contributed by atoms with Crippen LogP contribution in [0.1, 0.15) is 112 Å². The summed E-state index contributed by atoms with van der Waals surface area (Å²) in [6, 6.07) is 15.4. The molecule has 4 nitrogen and oxygen atoms in total. The van der Waals surface area contributed by atoms with Gasteiger partial charge in [-0.05, 0) is 112 Å². The molecule has 0 bridgehead atoms. The second-order valence-corrected chi connectivity index (χ2v) is 13.8. The minimum atomic E-state index is -0.494. The van der Waals surface area contributed by atoms with Gasteiger partial charge in [-0.25, -0.2) is 4.79 Å². The van der Waals surface area contributed by atoms with Crippen LogP contribution in [0.4, 0.5) is 0 Å². The van der Waals surface area contributed by atoms with E-state index in [0.29, 0.717) is 23.3 Å². The van der Waals surface area contributed by atoms with Crippen LogP contribution in [0.3, 0.4) is 0 Å². The Balaban J connectivity index is 1.21. The van der Waals surface area contributed by atoms with Crippen LogP contribution in [-0.2, 0) is 31.9 Å². The van der Waals surface area contributed by atoms with Crippen molar-refractivity contribution in [3.63, 3.8) is 0 Å². The molecule has 0 N–H and O–H groups in total. The van der Waals surface area contributed by atoms with Crippen molar-refractivity contribution in [2.24, 2.45) is 22.7 Å². The highest BCUT2D eigenvalue weighted by Gasteiger charge is 2.57. The summed E-state index contributed by atoms with van der Waals surface area (Å²) in [7, 11) is 0. The first-order valence-electron chi connectivity index (χ1n) is 14.8. The number of esters is 2. The highest BCUT2D eigenvalue weighted by Crippen LogP contribution is 2.64. The molecule has 6 rings (SSSR count). The quantitative estimate of drug-likeness (QED) is 0.293. The molecule has 39 heavy (non-hydrogen) atoms. The van der Waals surface area contributed by atoms with E-state index < -0.39 is 5.41 Å². The van der Waals surface area contributed by atoms with Gasteiger partial charge in [-0.1, -0.05) is 55.5 Å². The summed E-state index contributed by atoms with van der Waals surface area (Å²) >= 11 is 0. The number of hydrogen-bond acceptors (Lipinski definition) is 4. The number of rotatable bonds is 5. The second kappa shape index (κ2) is 9.64. The van der Waals surface area contributed by atoms with Gasteiger partial charge in [-0.15, -0.1) is 0 Å². The summed E-state index contributed by atoms with van der Waals surface area (Å²) in [5.74, 6) is 0.914. The van der Waals surface area contributed by atoms with Crippen LogP contribution >= 0.6 is 0 Å². The predicted molar refractivity (Wildman–Crippen MR) is 152 cm³/mol. The monoisotopic (exact) mass is 526 g/mol. The maximum atomic E-state index is 12.8. The summed E-state index contributed by atoms with van der Waals surface area (Å²) < 4.78 is 12.2. The van der Waals surface area contributed by atoms with E-state index in [1.807, 2.05) is 20.8 Å². The molecule has 4 aliphatic carbocycles. The Labute approximate surface area is 233 Å². The zero-order chi connectivity index (χ0) is 27.5. The average Bonchev–Trinajstić information content (AvgIpc) is 3.49. The lowest BCUT2D eigenvalue weighted by Crippen LogP contribution is -2.27. The van der Waals surface area contributed by atoms with Crippen LogP contribution < -0.4 is 0 Å². The lowest BCUT2D eigenvalue weighted by Gasteiger charge is -2.36. The SMILES string of the molecule is C=C(C)C(=O)OC1c2ccccc2CC1C1CCCC(c2ccc3c(c2)CC2(CC2)C3OC(=O)C(C)(C)C)C1. The van der Waals surface area contributed by atoms with E-state index in [1.54, 1.807) is 6.92 Å². The first-order valence-corrected chi connectivity index (χ1v) is 14.8. The van der Waals surface area contributed by atoms with Crippen LogP contribution in [0, 0.1) is 22.7 Å². The highest BCUT2D eigenvalue weighted by molar-refractivity contribution is 5.87. The zero-order valence-corrected chi connectivity index (χ0v) is 23.9. The molecule has 4 aliphatic rings. The Morgan fingerprint density at radius 1 is 0.974 bits per heavy atom. The molecule has 0 amide bonds.